The quantitative estimate of drug-likeness (QED) is 0.533. The molecule has 0 heterocycles. The summed E-state index contributed by atoms with van der Waals surface area (Å²) in [5, 5.41) is 0. The predicted molar refractivity (Wildman–Crippen MR) is 98.5 cm³/mol. The van der Waals surface area contributed by atoms with Crippen LogP contribution in [0.3, 0.4) is 0 Å². The SMILES string of the molecule is C[C@@H](c1ccccc1)[C@@](C)(O[Si](C)(C)C)C(=O)c1ccccc1. The summed E-state index contributed by atoms with van der Waals surface area (Å²) in [6.07, 6.45) is 0. The molecule has 0 amide bonds. The van der Waals surface area contributed by atoms with Gasteiger partial charge in [-0.1, -0.05) is 67.6 Å². The first kappa shape index (κ1) is 17.6. The van der Waals surface area contributed by atoms with Gasteiger partial charge in [0.1, 0.15) is 5.60 Å². The molecule has 0 aliphatic rings. The van der Waals surface area contributed by atoms with Crippen molar-refractivity contribution in [3.63, 3.8) is 0 Å². The second-order valence-electron chi connectivity index (χ2n) is 7.15. The Bertz CT molecular complexity index is 646. The highest BCUT2D eigenvalue weighted by Crippen LogP contribution is 2.36. The Balaban J connectivity index is 2.46. The lowest BCUT2D eigenvalue weighted by molar-refractivity contribution is 0.0391. The molecular formula is C20H26O2Si. The minimum absolute atomic E-state index is 0.0249. The number of ketones is 1. The fraction of sp³-hybridized carbons (Fsp3) is 0.350. The largest absolute Gasteiger partial charge is 0.404 e. The summed E-state index contributed by atoms with van der Waals surface area (Å²) in [4.78, 5) is 13.3. The van der Waals surface area contributed by atoms with E-state index in [2.05, 4.69) is 38.7 Å². The maximum atomic E-state index is 13.3. The minimum atomic E-state index is -1.90. The van der Waals surface area contributed by atoms with Crippen LogP contribution in [0.2, 0.25) is 19.6 Å². The van der Waals surface area contributed by atoms with Crippen molar-refractivity contribution >= 4 is 14.1 Å². The second-order valence-corrected chi connectivity index (χ2v) is 11.6. The molecule has 2 atom stereocenters. The van der Waals surface area contributed by atoms with Gasteiger partial charge < -0.3 is 4.43 Å². The molecule has 122 valence electrons. The molecular weight excluding hydrogens is 300 g/mol. The van der Waals surface area contributed by atoms with E-state index in [9.17, 15) is 4.79 Å². The third-order valence-corrected chi connectivity index (χ3v) is 5.17. The Morgan fingerprint density at radius 1 is 0.957 bits per heavy atom. The lowest BCUT2D eigenvalue weighted by atomic mass is 9.80. The summed E-state index contributed by atoms with van der Waals surface area (Å²) in [6.45, 7) is 10.4. The van der Waals surface area contributed by atoms with E-state index in [1.165, 1.54) is 0 Å². The van der Waals surface area contributed by atoms with Crippen LogP contribution >= 0.6 is 0 Å². The van der Waals surface area contributed by atoms with Gasteiger partial charge >= 0.3 is 0 Å². The van der Waals surface area contributed by atoms with Gasteiger partial charge in [-0.3, -0.25) is 4.79 Å². The summed E-state index contributed by atoms with van der Waals surface area (Å²) in [5.41, 5.74) is 0.959. The Hall–Kier alpha value is -1.71. The van der Waals surface area contributed by atoms with E-state index in [1.807, 2.05) is 55.5 Å². The standard InChI is InChI=1S/C20H26O2Si/c1-16(17-12-8-6-9-13-17)20(2,22-23(3,4)5)19(21)18-14-10-7-11-15-18/h6-16H,1-5H3/t16-,20+/m0/s1. The monoisotopic (exact) mass is 326 g/mol. The van der Waals surface area contributed by atoms with E-state index < -0.39 is 13.9 Å². The van der Waals surface area contributed by atoms with Gasteiger partial charge in [-0.2, -0.15) is 0 Å². The van der Waals surface area contributed by atoms with Crippen LogP contribution in [-0.4, -0.2) is 19.7 Å². The second kappa shape index (κ2) is 6.81. The number of hydrogen-bond donors (Lipinski definition) is 0. The van der Waals surface area contributed by atoms with Crippen molar-refractivity contribution in [3.8, 4) is 0 Å². The van der Waals surface area contributed by atoms with Gasteiger partial charge in [0.25, 0.3) is 0 Å². The van der Waals surface area contributed by atoms with E-state index in [0.29, 0.717) is 5.56 Å². The van der Waals surface area contributed by atoms with Gasteiger partial charge in [0.2, 0.25) is 0 Å². The molecule has 0 spiro atoms. The average molecular weight is 327 g/mol. The highest BCUT2D eigenvalue weighted by Gasteiger charge is 2.44. The summed E-state index contributed by atoms with van der Waals surface area (Å²) < 4.78 is 6.45. The molecule has 2 aromatic carbocycles. The van der Waals surface area contributed by atoms with Crippen molar-refractivity contribution in [1.29, 1.82) is 0 Å². The number of hydrogen-bond acceptors (Lipinski definition) is 2. The molecule has 2 nitrogen and oxygen atoms in total. The molecule has 0 N–H and O–H groups in total. The first-order valence-corrected chi connectivity index (χ1v) is 11.5. The first-order chi connectivity index (χ1) is 10.7. The molecule has 0 saturated heterocycles. The van der Waals surface area contributed by atoms with Crippen LogP contribution in [-0.2, 0) is 4.43 Å². The van der Waals surface area contributed by atoms with Crippen LogP contribution in [0.4, 0.5) is 0 Å². The summed E-state index contributed by atoms with van der Waals surface area (Å²) in [5.74, 6) is 0.0278. The Morgan fingerprint density at radius 3 is 1.91 bits per heavy atom. The first-order valence-electron chi connectivity index (χ1n) is 8.09. The zero-order valence-corrected chi connectivity index (χ0v) is 15.7. The van der Waals surface area contributed by atoms with Gasteiger partial charge in [0.15, 0.2) is 14.1 Å². The van der Waals surface area contributed by atoms with Crippen molar-refractivity contribution in [1.82, 2.24) is 0 Å². The number of Topliss-reactive ketones (excluding diaryl/α,β-unsaturated/α-hetero) is 1. The number of carbonyl (C=O) groups is 1. The number of carbonyl (C=O) groups excluding carboxylic acids is 1. The van der Waals surface area contributed by atoms with Crippen LogP contribution < -0.4 is 0 Å². The zero-order valence-electron chi connectivity index (χ0n) is 14.7. The van der Waals surface area contributed by atoms with Crippen LogP contribution in [0.25, 0.3) is 0 Å². The highest BCUT2D eigenvalue weighted by molar-refractivity contribution is 6.70. The fourth-order valence-corrected chi connectivity index (χ4v) is 4.44. The molecule has 0 saturated carbocycles. The molecule has 0 aromatic heterocycles. The molecule has 0 fully saturated rings. The fourth-order valence-electron chi connectivity index (χ4n) is 2.90. The Morgan fingerprint density at radius 2 is 1.43 bits per heavy atom. The van der Waals surface area contributed by atoms with Crippen LogP contribution in [0, 0.1) is 0 Å². The maximum absolute atomic E-state index is 13.3. The van der Waals surface area contributed by atoms with Crippen molar-refractivity contribution < 1.29 is 9.22 Å². The maximum Gasteiger partial charge on any atom is 0.193 e. The van der Waals surface area contributed by atoms with Gasteiger partial charge in [0, 0.05) is 11.5 Å². The Kier molecular flexibility index (Phi) is 5.22. The summed E-state index contributed by atoms with van der Waals surface area (Å²) >= 11 is 0. The Labute approximate surface area is 140 Å². The van der Waals surface area contributed by atoms with Gasteiger partial charge in [-0.05, 0) is 32.1 Å². The van der Waals surface area contributed by atoms with Crippen LogP contribution in [0.15, 0.2) is 60.7 Å². The topological polar surface area (TPSA) is 26.3 Å². The van der Waals surface area contributed by atoms with Gasteiger partial charge in [-0.15, -0.1) is 0 Å². The van der Waals surface area contributed by atoms with E-state index in [4.69, 9.17) is 4.43 Å². The smallest absolute Gasteiger partial charge is 0.193 e. The highest BCUT2D eigenvalue weighted by atomic mass is 28.4. The van der Waals surface area contributed by atoms with Crippen molar-refractivity contribution in [2.75, 3.05) is 0 Å². The van der Waals surface area contributed by atoms with Crippen LogP contribution in [0.1, 0.15) is 35.7 Å². The van der Waals surface area contributed by atoms with E-state index >= 15 is 0 Å². The minimum Gasteiger partial charge on any atom is -0.404 e. The molecule has 23 heavy (non-hydrogen) atoms. The molecule has 0 bridgehead atoms. The van der Waals surface area contributed by atoms with E-state index in [-0.39, 0.29) is 11.7 Å². The number of benzene rings is 2. The number of rotatable bonds is 6. The molecule has 0 radical (unpaired) electrons. The molecule has 3 heteroatoms. The normalized spacial score (nSPS) is 15.7. The van der Waals surface area contributed by atoms with E-state index in [0.717, 1.165) is 5.56 Å². The predicted octanol–water partition coefficient (Wildman–Crippen LogP) is 5.28. The van der Waals surface area contributed by atoms with Crippen molar-refractivity contribution in [3.05, 3.63) is 71.8 Å². The summed E-state index contributed by atoms with van der Waals surface area (Å²) in [6, 6.07) is 19.6. The lowest BCUT2D eigenvalue weighted by Crippen LogP contribution is -2.50. The third-order valence-electron chi connectivity index (χ3n) is 4.13. The average Bonchev–Trinajstić information content (AvgIpc) is 2.53. The summed E-state index contributed by atoms with van der Waals surface area (Å²) in [7, 11) is -1.90. The van der Waals surface area contributed by atoms with Crippen LogP contribution in [0.5, 0.6) is 0 Å². The molecule has 2 aromatic rings. The molecule has 0 aliphatic carbocycles. The molecule has 0 aliphatic heterocycles. The van der Waals surface area contributed by atoms with Crippen molar-refractivity contribution in [2.45, 2.75) is 45.0 Å². The molecule has 2 rings (SSSR count). The van der Waals surface area contributed by atoms with Gasteiger partial charge in [-0.25, -0.2) is 0 Å². The van der Waals surface area contributed by atoms with E-state index in [1.54, 1.807) is 0 Å². The van der Waals surface area contributed by atoms with Gasteiger partial charge in [0.05, 0.1) is 0 Å². The zero-order chi connectivity index (χ0) is 17.1. The lowest BCUT2D eigenvalue weighted by Gasteiger charge is -2.40. The van der Waals surface area contributed by atoms with Crippen molar-refractivity contribution in [2.24, 2.45) is 0 Å². The molecule has 0 unspecified atom stereocenters. The third kappa shape index (κ3) is 4.18.